The van der Waals surface area contributed by atoms with E-state index in [2.05, 4.69) is 0 Å². The largest absolute Gasteiger partial charge is 0.504 e. The number of rotatable bonds is 2. The summed E-state index contributed by atoms with van der Waals surface area (Å²) in [6.45, 7) is -1.60. The van der Waals surface area contributed by atoms with Gasteiger partial charge in [-0.3, -0.25) is 0 Å². The van der Waals surface area contributed by atoms with Crippen LogP contribution in [0.4, 0.5) is 0 Å². The zero-order chi connectivity index (χ0) is 56.7. The number of phenols is 17. The second-order valence-corrected chi connectivity index (χ2v) is 17.3. The van der Waals surface area contributed by atoms with Crippen molar-refractivity contribution in [2.75, 3.05) is 6.61 Å². The minimum absolute atomic E-state index is 0.278. The molecule has 0 radical (unpaired) electrons. The maximum absolute atomic E-state index is 15.3. The van der Waals surface area contributed by atoms with Crippen molar-refractivity contribution in [2.45, 2.75) is 30.5 Å². The Hall–Kier alpha value is -11.3. The van der Waals surface area contributed by atoms with Crippen molar-refractivity contribution in [3.63, 3.8) is 0 Å². The second-order valence-electron chi connectivity index (χ2n) is 17.3. The monoisotopic (exact) mass is 1090 g/mol. The zero-order valence-corrected chi connectivity index (χ0v) is 37.9. The fourth-order valence-electron chi connectivity index (χ4n) is 9.35. The minimum Gasteiger partial charge on any atom is -0.504 e. The number of aromatic hydroxyl groups is 17. The topological polar surface area (TPSA) is 522 Å². The standard InChI is InChI=1S/C48H30O30/c49-11-1-7(2-12(50)26(11)54)43(67)76-40-25-24-22(35(63)38(40)66)21-23-20(33(61)37(65)34(21)62)19-10(5-15(53)29(57)32(19)60)45(69)74-16-6-73-44(68)8-3-13(51)27(55)30(58)17(8)18-9(4-14(52)28(56)31(18)59)46(70)75-39(16)42(78-47(23)71)41(36(25)64)77-48(24)72/h1-5,16,36,39,41-42,49-66H,6H2/t16-,36+,39-,41+,42+/m1/s1. The van der Waals surface area contributed by atoms with Crippen LogP contribution in [0.25, 0.3) is 33.4 Å². The number of cyclic esters (lactones) is 1. The maximum atomic E-state index is 15.3. The van der Waals surface area contributed by atoms with Gasteiger partial charge in [0, 0.05) is 38.9 Å². The Morgan fingerprint density at radius 1 is 0.385 bits per heavy atom. The molecule has 18 N–H and O–H groups in total. The summed E-state index contributed by atoms with van der Waals surface area (Å²) in [6.07, 6.45) is -14.3. The van der Waals surface area contributed by atoms with Crippen LogP contribution < -0.4 is 4.74 Å². The molecule has 0 saturated heterocycles. The lowest BCUT2D eigenvalue weighted by Crippen LogP contribution is -2.56. The van der Waals surface area contributed by atoms with E-state index in [4.69, 9.17) is 28.4 Å². The van der Waals surface area contributed by atoms with Crippen LogP contribution in [-0.2, 0) is 23.7 Å². The number of aliphatic hydroxyl groups is 1. The van der Waals surface area contributed by atoms with E-state index in [0.29, 0.717) is 24.3 Å². The lowest BCUT2D eigenvalue weighted by Gasteiger charge is -2.41. The van der Waals surface area contributed by atoms with E-state index in [1.54, 1.807) is 0 Å². The molecule has 5 aliphatic heterocycles. The minimum atomic E-state index is -2.96. The number of phenolic OH excluding ortho intramolecular Hbond substituents is 17. The van der Waals surface area contributed by atoms with Crippen LogP contribution in [0.3, 0.4) is 0 Å². The first-order valence-electron chi connectivity index (χ1n) is 21.6. The number of hydrogen-bond acceptors (Lipinski definition) is 30. The van der Waals surface area contributed by atoms with E-state index in [0.717, 1.165) is 0 Å². The van der Waals surface area contributed by atoms with Crippen LogP contribution in [-0.4, -0.2) is 159 Å². The Labute approximate surface area is 427 Å². The number of fused-ring (bicyclic) bond motifs is 7. The molecule has 30 heteroatoms. The summed E-state index contributed by atoms with van der Waals surface area (Å²) in [6, 6.07) is 1.92. The maximum Gasteiger partial charge on any atom is 0.343 e. The number of esters is 6. The predicted octanol–water partition coefficient (Wildman–Crippen LogP) is 1.95. The highest BCUT2D eigenvalue weighted by atomic mass is 16.6. The summed E-state index contributed by atoms with van der Waals surface area (Å²) in [5.41, 5.74) is -17.0. The summed E-state index contributed by atoms with van der Waals surface area (Å²) < 4.78 is 33.5. The Kier molecular flexibility index (Phi) is 11.0. The molecule has 0 fully saturated rings. The highest BCUT2D eigenvalue weighted by Crippen LogP contribution is 2.62. The lowest BCUT2D eigenvalue weighted by atomic mass is 9.80. The smallest absolute Gasteiger partial charge is 0.343 e. The summed E-state index contributed by atoms with van der Waals surface area (Å²) in [4.78, 5) is 87.7. The molecule has 30 nitrogen and oxygen atoms in total. The van der Waals surface area contributed by atoms with Gasteiger partial charge in [-0.05, 0) is 30.3 Å². The Morgan fingerprint density at radius 3 is 1.29 bits per heavy atom. The van der Waals surface area contributed by atoms with E-state index < -0.39 is 249 Å². The number of ether oxygens (including phenoxy) is 6. The summed E-state index contributed by atoms with van der Waals surface area (Å²) in [7, 11) is 0. The lowest BCUT2D eigenvalue weighted by molar-refractivity contribution is -0.154. The van der Waals surface area contributed by atoms with Crippen molar-refractivity contribution in [1.82, 2.24) is 0 Å². The van der Waals surface area contributed by atoms with Crippen LogP contribution in [0.5, 0.6) is 103 Å². The molecular weight excluding hydrogens is 1060 g/mol. The second kappa shape index (κ2) is 17.1. The molecule has 78 heavy (non-hydrogen) atoms. The molecule has 0 amide bonds. The average molecular weight is 1090 g/mol. The molecule has 402 valence electrons. The number of carbonyl (C=O) groups excluding carboxylic acids is 6. The van der Waals surface area contributed by atoms with E-state index in [1.807, 2.05) is 0 Å². The first kappa shape index (κ1) is 50.2. The van der Waals surface area contributed by atoms with E-state index >= 15 is 4.79 Å². The van der Waals surface area contributed by atoms with Crippen molar-refractivity contribution < 1.29 is 149 Å². The van der Waals surface area contributed by atoms with Gasteiger partial charge in [0.1, 0.15) is 12.7 Å². The van der Waals surface area contributed by atoms with Crippen molar-refractivity contribution >= 4 is 35.8 Å². The fourth-order valence-corrected chi connectivity index (χ4v) is 9.35. The van der Waals surface area contributed by atoms with Crippen LogP contribution in [0.2, 0.25) is 0 Å². The fraction of sp³-hybridized carbons (Fsp3) is 0.125. The Balaban J connectivity index is 1.33. The highest BCUT2D eigenvalue weighted by Gasteiger charge is 2.56. The molecule has 5 atom stereocenters. The quantitative estimate of drug-likeness (QED) is 0.0510. The van der Waals surface area contributed by atoms with Gasteiger partial charge in [0.2, 0.25) is 28.7 Å². The predicted molar refractivity (Wildman–Crippen MR) is 241 cm³/mol. The van der Waals surface area contributed by atoms with Gasteiger partial charge in [0.25, 0.3) is 0 Å². The zero-order valence-electron chi connectivity index (χ0n) is 37.9. The molecular formula is C48H30O30. The van der Waals surface area contributed by atoms with Gasteiger partial charge in [-0.15, -0.1) is 0 Å². The molecule has 0 unspecified atom stereocenters. The molecule has 5 heterocycles. The Bertz CT molecular complexity index is 3800. The Morgan fingerprint density at radius 2 is 0.769 bits per heavy atom. The van der Waals surface area contributed by atoms with Crippen molar-refractivity contribution in [3.05, 3.63) is 69.3 Å². The summed E-state index contributed by atoms with van der Waals surface area (Å²) in [5.74, 6) is -38.9. The number of aliphatic hydroxyl groups excluding tert-OH is 1. The van der Waals surface area contributed by atoms with Gasteiger partial charge in [-0.25, -0.2) is 28.8 Å². The van der Waals surface area contributed by atoms with E-state index in [9.17, 15) is 116 Å². The molecule has 6 aromatic rings. The van der Waals surface area contributed by atoms with Gasteiger partial charge in [0.05, 0.1) is 33.4 Å². The van der Waals surface area contributed by atoms with Crippen molar-refractivity contribution in [3.8, 4) is 137 Å². The third-order valence-electron chi connectivity index (χ3n) is 12.9. The van der Waals surface area contributed by atoms with Crippen LogP contribution in [0.15, 0.2) is 30.3 Å². The first-order valence-corrected chi connectivity index (χ1v) is 21.6. The van der Waals surface area contributed by atoms with E-state index in [-0.39, 0.29) is 6.07 Å². The van der Waals surface area contributed by atoms with E-state index in [1.165, 1.54) is 0 Å². The van der Waals surface area contributed by atoms with Gasteiger partial charge in [0.15, 0.2) is 99.2 Å². The van der Waals surface area contributed by atoms with Crippen LogP contribution in [0, 0.1) is 0 Å². The molecule has 5 aliphatic rings. The normalized spacial score (nSPS) is 19.2. The summed E-state index contributed by atoms with van der Waals surface area (Å²) in [5, 5.41) is 199. The first-order chi connectivity index (χ1) is 36.7. The molecule has 0 spiro atoms. The molecule has 6 bridgehead atoms. The van der Waals surface area contributed by atoms with Crippen LogP contribution >= 0.6 is 0 Å². The third-order valence-corrected chi connectivity index (χ3v) is 12.9. The average Bonchev–Trinajstić information content (AvgIpc) is 3.47. The van der Waals surface area contributed by atoms with Gasteiger partial charge < -0.3 is 120 Å². The molecule has 0 saturated carbocycles. The summed E-state index contributed by atoms with van der Waals surface area (Å²) >= 11 is 0. The van der Waals surface area contributed by atoms with Crippen molar-refractivity contribution in [1.29, 1.82) is 0 Å². The molecule has 0 aromatic heterocycles. The molecule has 0 aliphatic carbocycles. The molecule has 11 rings (SSSR count). The van der Waals surface area contributed by atoms with Crippen LogP contribution in [0.1, 0.15) is 73.8 Å². The number of benzene rings is 6. The highest BCUT2D eigenvalue weighted by molar-refractivity contribution is 6.17. The third kappa shape index (κ3) is 7.00. The number of hydrogen-bond donors (Lipinski definition) is 18. The van der Waals surface area contributed by atoms with Gasteiger partial charge in [-0.2, -0.15) is 0 Å². The molecule has 6 aromatic carbocycles. The van der Waals surface area contributed by atoms with Gasteiger partial charge >= 0.3 is 35.8 Å². The van der Waals surface area contributed by atoms with Crippen molar-refractivity contribution in [2.24, 2.45) is 0 Å². The number of carbonyl (C=O) groups is 6. The van der Waals surface area contributed by atoms with Gasteiger partial charge in [-0.1, -0.05) is 0 Å². The SMILES string of the molecule is O=C(Oc1c(O)c(O)c2c3c1[C@H](O)[C@H](OC3=O)[C@H]1OC(=O)c3c(c(O)c(O)c(O)c3-2)-c2c(cc(O)c(O)c2O)C(=O)O[C@@H]2COC(=O)c3cc(O)c(O)c(O)c3-c3c(cc(O)c(O)c3O)C(=O)O[C@@H]12)c1cc(O)c(O)c(O)c1.